The molecule has 2 rings (SSSR count). The van der Waals surface area contributed by atoms with Gasteiger partial charge in [-0.15, -0.1) is 11.6 Å². The predicted molar refractivity (Wildman–Crippen MR) is 66.4 cm³/mol. The van der Waals surface area contributed by atoms with E-state index in [1.165, 1.54) is 0 Å². The third-order valence-electron chi connectivity index (χ3n) is 2.72. The van der Waals surface area contributed by atoms with Crippen molar-refractivity contribution in [3.8, 4) is 0 Å². The third kappa shape index (κ3) is 2.42. The fraction of sp³-hybridized carbons (Fsp3) is 0.333. The summed E-state index contributed by atoms with van der Waals surface area (Å²) in [5, 5.41) is 2.40. The molecule has 4 nitrogen and oxygen atoms in total. The Balaban J connectivity index is 2.27. The maximum absolute atomic E-state index is 11.7. The van der Waals surface area contributed by atoms with Crippen molar-refractivity contribution in [3.63, 3.8) is 0 Å². The lowest BCUT2D eigenvalue weighted by Crippen LogP contribution is -2.25. The smallest absolute Gasteiger partial charge is 0.251 e. The molecule has 0 aromatic heterocycles. The highest BCUT2D eigenvalue weighted by atomic mass is 35.5. The molecule has 1 N–H and O–H groups in total. The van der Waals surface area contributed by atoms with E-state index in [0.29, 0.717) is 18.5 Å². The van der Waals surface area contributed by atoms with Crippen molar-refractivity contribution in [1.29, 1.82) is 0 Å². The lowest BCUT2D eigenvalue weighted by atomic mass is 10.2. The number of carbonyl (C=O) groups is 2. The van der Waals surface area contributed by atoms with Crippen molar-refractivity contribution >= 4 is 29.1 Å². The molecular formula is C12H13ClN2O2. The van der Waals surface area contributed by atoms with Crippen LogP contribution >= 0.6 is 11.6 Å². The van der Waals surface area contributed by atoms with Crippen LogP contribution in [0, 0.1) is 0 Å². The second-order valence-electron chi connectivity index (χ2n) is 3.94. The van der Waals surface area contributed by atoms with Gasteiger partial charge in [-0.05, 0) is 18.2 Å². The van der Waals surface area contributed by atoms with Crippen LogP contribution < -0.4 is 10.2 Å². The topological polar surface area (TPSA) is 49.4 Å². The van der Waals surface area contributed by atoms with Crippen LogP contribution in [0.2, 0.25) is 0 Å². The Morgan fingerprint density at radius 2 is 2.29 bits per heavy atom. The van der Waals surface area contributed by atoms with Crippen molar-refractivity contribution in [3.05, 3.63) is 29.8 Å². The van der Waals surface area contributed by atoms with E-state index in [0.717, 1.165) is 5.69 Å². The van der Waals surface area contributed by atoms with Gasteiger partial charge in [0.2, 0.25) is 5.91 Å². The van der Waals surface area contributed by atoms with Gasteiger partial charge in [0.1, 0.15) is 0 Å². The first kappa shape index (κ1) is 11.9. The first-order valence-corrected chi connectivity index (χ1v) is 5.82. The van der Waals surface area contributed by atoms with Crippen LogP contribution in [-0.2, 0) is 4.79 Å². The molecule has 1 aromatic rings. The minimum atomic E-state index is -0.166. The Kier molecular flexibility index (Phi) is 3.33. The molecule has 1 saturated heterocycles. The van der Waals surface area contributed by atoms with Crippen LogP contribution in [0.3, 0.4) is 0 Å². The van der Waals surface area contributed by atoms with E-state index < -0.39 is 0 Å². The highest BCUT2D eigenvalue weighted by Gasteiger charge is 2.29. The average molecular weight is 253 g/mol. The van der Waals surface area contributed by atoms with Gasteiger partial charge in [0.15, 0.2) is 0 Å². The first-order chi connectivity index (χ1) is 8.11. The van der Waals surface area contributed by atoms with Gasteiger partial charge in [0.25, 0.3) is 5.91 Å². The predicted octanol–water partition coefficient (Wildman–Crippen LogP) is 1.39. The number of anilines is 1. The Morgan fingerprint density at radius 3 is 2.88 bits per heavy atom. The summed E-state index contributed by atoms with van der Waals surface area (Å²) >= 11 is 5.94. The Morgan fingerprint density at radius 1 is 1.53 bits per heavy atom. The van der Waals surface area contributed by atoms with Gasteiger partial charge >= 0.3 is 0 Å². The van der Waals surface area contributed by atoms with Gasteiger partial charge < -0.3 is 10.2 Å². The number of benzene rings is 1. The molecule has 0 saturated carbocycles. The highest BCUT2D eigenvalue weighted by Crippen LogP contribution is 2.24. The number of carbonyl (C=O) groups excluding carboxylic acids is 2. The van der Waals surface area contributed by atoms with Crippen LogP contribution in [-0.4, -0.2) is 30.8 Å². The minimum absolute atomic E-state index is 0.000873. The molecule has 0 radical (unpaired) electrons. The summed E-state index contributed by atoms with van der Waals surface area (Å²) in [5.74, 6) is -0.167. The zero-order valence-corrected chi connectivity index (χ0v) is 10.2. The molecule has 0 bridgehead atoms. The number of alkyl halides is 1. The van der Waals surface area contributed by atoms with Crippen molar-refractivity contribution in [1.82, 2.24) is 5.32 Å². The first-order valence-electron chi connectivity index (χ1n) is 5.38. The molecule has 1 aliphatic rings. The van der Waals surface area contributed by atoms with Crippen molar-refractivity contribution < 1.29 is 9.59 Å². The quantitative estimate of drug-likeness (QED) is 0.809. The summed E-state index contributed by atoms with van der Waals surface area (Å²) in [6.45, 7) is 0.498. The molecule has 1 atom stereocenters. The largest absolute Gasteiger partial charge is 0.355 e. The van der Waals surface area contributed by atoms with E-state index in [-0.39, 0.29) is 17.2 Å². The highest BCUT2D eigenvalue weighted by molar-refractivity contribution is 6.24. The number of amides is 2. The van der Waals surface area contributed by atoms with E-state index in [1.807, 2.05) is 0 Å². The Bertz CT molecular complexity index is 462. The molecule has 1 aromatic carbocycles. The second-order valence-corrected chi connectivity index (χ2v) is 4.55. The molecule has 0 aliphatic carbocycles. The van der Waals surface area contributed by atoms with Gasteiger partial charge in [-0.25, -0.2) is 0 Å². The maximum Gasteiger partial charge on any atom is 0.251 e. The molecule has 0 spiro atoms. The summed E-state index contributed by atoms with van der Waals surface area (Å²) in [6, 6.07) is 6.97. The number of halogens is 1. The Hall–Kier alpha value is -1.55. The second kappa shape index (κ2) is 4.75. The molecule has 2 amide bonds. The zero-order valence-electron chi connectivity index (χ0n) is 9.44. The molecule has 1 fully saturated rings. The fourth-order valence-corrected chi connectivity index (χ4v) is 2.14. The summed E-state index contributed by atoms with van der Waals surface area (Å²) in [7, 11) is 1.57. The van der Waals surface area contributed by atoms with E-state index >= 15 is 0 Å². The zero-order chi connectivity index (χ0) is 12.4. The van der Waals surface area contributed by atoms with E-state index in [9.17, 15) is 9.59 Å². The van der Waals surface area contributed by atoms with Gasteiger partial charge in [-0.3, -0.25) is 9.59 Å². The van der Waals surface area contributed by atoms with Crippen LogP contribution in [0.15, 0.2) is 24.3 Å². The van der Waals surface area contributed by atoms with Crippen molar-refractivity contribution in [2.24, 2.45) is 0 Å². The molecule has 17 heavy (non-hydrogen) atoms. The van der Waals surface area contributed by atoms with Crippen molar-refractivity contribution in [2.45, 2.75) is 11.8 Å². The molecule has 1 unspecified atom stereocenters. The van der Waals surface area contributed by atoms with E-state index in [1.54, 1.807) is 36.2 Å². The van der Waals surface area contributed by atoms with E-state index in [4.69, 9.17) is 11.6 Å². The number of hydrogen-bond acceptors (Lipinski definition) is 2. The normalized spacial score (nSPS) is 19.5. The number of rotatable bonds is 2. The third-order valence-corrected chi connectivity index (χ3v) is 3.02. The lowest BCUT2D eigenvalue weighted by Gasteiger charge is -2.16. The molecule has 90 valence electrons. The van der Waals surface area contributed by atoms with Crippen LogP contribution in [0.5, 0.6) is 0 Å². The number of nitrogens with zero attached hydrogens (tertiary/aromatic N) is 1. The molecule has 1 aliphatic heterocycles. The monoisotopic (exact) mass is 252 g/mol. The van der Waals surface area contributed by atoms with Gasteiger partial charge in [0, 0.05) is 31.3 Å². The fourth-order valence-electron chi connectivity index (χ4n) is 1.87. The van der Waals surface area contributed by atoms with Gasteiger partial charge in [0.05, 0.1) is 5.38 Å². The Labute approximate surface area is 105 Å². The van der Waals surface area contributed by atoms with Crippen LogP contribution in [0.4, 0.5) is 5.69 Å². The van der Waals surface area contributed by atoms with Crippen molar-refractivity contribution in [2.75, 3.05) is 18.5 Å². The van der Waals surface area contributed by atoms with Gasteiger partial charge in [-0.2, -0.15) is 0 Å². The maximum atomic E-state index is 11.7. The molecular weight excluding hydrogens is 240 g/mol. The standard InChI is InChI=1S/C12H13ClN2O2/c1-14-12(17)8-3-2-4-10(5-8)15-7-9(13)6-11(15)16/h2-5,9H,6-7H2,1H3,(H,14,17). The average Bonchev–Trinajstić information content (AvgIpc) is 2.67. The molecule has 1 heterocycles. The minimum Gasteiger partial charge on any atom is -0.355 e. The summed E-state index contributed by atoms with van der Waals surface area (Å²) < 4.78 is 0. The summed E-state index contributed by atoms with van der Waals surface area (Å²) in [5.41, 5.74) is 1.26. The lowest BCUT2D eigenvalue weighted by molar-refractivity contribution is -0.117. The van der Waals surface area contributed by atoms with E-state index in [2.05, 4.69) is 5.32 Å². The number of hydrogen-bond donors (Lipinski definition) is 1. The van der Waals surface area contributed by atoms with Crippen LogP contribution in [0.25, 0.3) is 0 Å². The summed E-state index contributed by atoms with van der Waals surface area (Å²) in [6.07, 6.45) is 0.353. The SMILES string of the molecule is CNC(=O)c1cccc(N2CC(Cl)CC2=O)c1. The molecule has 5 heteroatoms. The van der Waals surface area contributed by atoms with Crippen LogP contribution in [0.1, 0.15) is 16.8 Å². The van der Waals surface area contributed by atoms with Gasteiger partial charge in [-0.1, -0.05) is 6.07 Å². The summed E-state index contributed by atoms with van der Waals surface area (Å²) in [4.78, 5) is 24.8. The number of nitrogens with one attached hydrogen (secondary N) is 1.